The van der Waals surface area contributed by atoms with E-state index in [0.717, 1.165) is 16.7 Å². The minimum atomic E-state index is -3.45. The van der Waals surface area contributed by atoms with E-state index in [1.807, 2.05) is 36.9 Å². The molecule has 0 atom stereocenters. The second kappa shape index (κ2) is 7.27. The summed E-state index contributed by atoms with van der Waals surface area (Å²) in [5.41, 5.74) is 2.84. The number of likely N-dealkylation sites (tertiary alicyclic amines) is 1. The van der Waals surface area contributed by atoms with E-state index in [9.17, 15) is 13.2 Å². The lowest BCUT2D eigenvalue weighted by molar-refractivity contribution is 0.0710. The number of aryl methyl sites for hydroxylation is 2. The maximum Gasteiger partial charge on any atom is 0.254 e. The standard InChI is InChI=1S/C18H22N2O3S2/c1-13-5-6-16(14(2)12-13)18(21)20-9-7-15(8-10-20)19-25(22,23)17-4-3-11-24-17/h3-6,11-12,15,19H,7-10H2,1-2H3. The van der Waals surface area contributed by atoms with Gasteiger partial charge in [-0.05, 0) is 49.8 Å². The number of nitrogens with one attached hydrogen (secondary N) is 1. The van der Waals surface area contributed by atoms with Crippen LogP contribution in [0.3, 0.4) is 0 Å². The van der Waals surface area contributed by atoms with Gasteiger partial charge in [-0.15, -0.1) is 11.3 Å². The van der Waals surface area contributed by atoms with Crippen molar-refractivity contribution in [3.8, 4) is 0 Å². The van der Waals surface area contributed by atoms with Gasteiger partial charge in [-0.3, -0.25) is 4.79 Å². The highest BCUT2D eigenvalue weighted by Gasteiger charge is 2.28. The fraction of sp³-hybridized carbons (Fsp3) is 0.389. The highest BCUT2D eigenvalue weighted by Crippen LogP contribution is 2.20. The third-order valence-electron chi connectivity index (χ3n) is 4.48. The Kier molecular flexibility index (Phi) is 5.27. The molecule has 1 N–H and O–H groups in total. The molecule has 2 aromatic rings. The maximum absolute atomic E-state index is 12.7. The molecule has 1 aromatic heterocycles. The Morgan fingerprint density at radius 3 is 2.52 bits per heavy atom. The van der Waals surface area contributed by atoms with Crippen LogP contribution in [-0.4, -0.2) is 38.4 Å². The van der Waals surface area contributed by atoms with Crippen molar-refractivity contribution in [1.29, 1.82) is 0 Å². The molecular weight excluding hydrogens is 356 g/mol. The van der Waals surface area contributed by atoms with Crippen LogP contribution in [-0.2, 0) is 10.0 Å². The average Bonchev–Trinajstić information content (AvgIpc) is 3.10. The first-order chi connectivity index (χ1) is 11.9. The minimum absolute atomic E-state index is 0.0251. The van der Waals surface area contributed by atoms with Crippen LogP contribution < -0.4 is 4.72 Å². The third-order valence-corrected chi connectivity index (χ3v) is 7.39. The van der Waals surface area contributed by atoms with Crippen LogP contribution in [0.4, 0.5) is 0 Å². The molecule has 2 heterocycles. The number of carbonyl (C=O) groups is 1. The largest absolute Gasteiger partial charge is 0.339 e. The molecule has 1 fully saturated rings. The SMILES string of the molecule is Cc1ccc(C(=O)N2CCC(NS(=O)(=O)c3cccs3)CC2)c(C)c1. The monoisotopic (exact) mass is 378 g/mol. The van der Waals surface area contributed by atoms with Crippen LogP contribution in [0, 0.1) is 13.8 Å². The van der Waals surface area contributed by atoms with E-state index >= 15 is 0 Å². The number of amides is 1. The van der Waals surface area contributed by atoms with E-state index in [1.165, 1.54) is 11.3 Å². The van der Waals surface area contributed by atoms with Gasteiger partial charge in [0, 0.05) is 24.7 Å². The predicted molar refractivity (Wildman–Crippen MR) is 99.5 cm³/mol. The summed E-state index contributed by atoms with van der Waals surface area (Å²) in [6.07, 6.45) is 1.25. The number of benzene rings is 1. The molecule has 1 aliphatic rings. The first kappa shape index (κ1) is 18.1. The molecule has 0 aliphatic carbocycles. The van der Waals surface area contributed by atoms with E-state index in [-0.39, 0.29) is 11.9 Å². The van der Waals surface area contributed by atoms with Gasteiger partial charge in [0.1, 0.15) is 4.21 Å². The quantitative estimate of drug-likeness (QED) is 0.889. The molecule has 0 radical (unpaired) electrons. The van der Waals surface area contributed by atoms with Gasteiger partial charge >= 0.3 is 0 Å². The molecule has 0 bridgehead atoms. The van der Waals surface area contributed by atoms with E-state index < -0.39 is 10.0 Å². The van der Waals surface area contributed by atoms with Crippen molar-refractivity contribution in [2.75, 3.05) is 13.1 Å². The molecule has 1 aromatic carbocycles. The van der Waals surface area contributed by atoms with E-state index in [1.54, 1.807) is 17.5 Å². The lowest BCUT2D eigenvalue weighted by Gasteiger charge is -2.32. The molecule has 1 saturated heterocycles. The van der Waals surface area contributed by atoms with Crippen molar-refractivity contribution in [2.45, 2.75) is 36.9 Å². The van der Waals surface area contributed by atoms with Crippen molar-refractivity contribution in [3.63, 3.8) is 0 Å². The second-order valence-corrected chi connectivity index (χ2v) is 9.33. The van der Waals surface area contributed by atoms with Crippen LogP contribution in [0.15, 0.2) is 39.9 Å². The molecule has 5 nitrogen and oxygen atoms in total. The number of hydrogen-bond donors (Lipinski definition) is 1. The average molecular weight is 379 g/mol. The van der Waals surface area contributed by atoms with Crippen LogP contribution in [0.25, 0.3) is 0 Å². The van der Waals surface area contributed by atoms with Crippen LogP contribution >= 0.6 is 11.3 Å². The smallest absolute Gasteiger partial charge is 0.254 e. The zero-order chi connectivity index (χ0) is 18.0. The van der Waals surface area contributed by atoms with Gasteiger partial charge < -0.3 is 4.90 Å². The van der Waals surface area contributed by atoms with Crippen LogP contribution in [0.1, 0.15) is 34.3 Å². The topological polar surface area (TPSA) is 66.5 Å². The second-order valence-electron chi connectivity index (χ2n) is 6.44. The molecule has 0 unspecified atom stereocenters. The molecule has 1 amide bonds. The van der Waals surface area contributed by atoms with E-state index in [4.69, 9.17) is 0 Å². The van der Waals surface area contributed by atoms with Crippen molar-refractivity contribution < 1.29 is 13.2 Å². The van der Waals surface area contributed by atoms with Crippen LogP contribution in [0.2, 0.25) is 0 Å². The van der Waals surface area contributed by atoms with Crippen molar-refractivity contribution >= 4 is 27.3 Å². The number of hydrogen-bond acceptors (Lipinski definition) is 4. The number of piperidine rings is 1. The van der Waals surface area contributed by atoms with Gasteiger partial charge in [0.15, 0.2) is 0 Å². The number of nitrogens with zero attached hydrogens (tertiary/aromatic N) is 1. The van der Waals surface area contributed by atoms with Crippen molar-refractivity contribution in [3.05, 3.63) is 52.4 Å². The van der Waals surface area contributed by atoms with Crippen molar-refractivity contribution in [2.24, 2.45) is 0 Å². The molecule has 134 valence electrons. The minimum Gasteiger partial charge on any atom is -0.339 e. The number of sulfonamides is 1. The van der Waals surface area contributed by atoms with Gasteiger partial charge in [0.05, 0.1) is 0 Å². The lowest BCUT2D eigenvalue weighted by Crippen LogP contribution is -2.46. The molecule has 3 rings (SSSR count). The number of thiophene rings is 1. The molecule has 0 spiro atoms. The van der Waals surface area contributed by atoms with Gasteiger partial charge in [-0.25, -0.2) is 13.1 Å². The molecular formula is C18H22N2O3S2. The lowest BCUT2D eigenvalue weighted by atomic mass is 10.0. The maximum atomic E-state index is 12.7. The third kappa shape index (κ3) is 4.11. The Hall–Kier alpha value is -1.70. The summed E-state index contributed by atoms with van der Waals surface area (Å²) >= 11 is 1.21. The summed E-state index contributed by atoms with van der Waals surface area (Å²) in [5.74, 6) is 0.0251. The summed E-state index contributed by atoms with van der Waals surface area (Å²) in [7, 11) is -3.45. The molecule has 0 saturated carbocycles. The van der Waals surface area contributed by atoms with Gasteiger partial charge in [0.25, 0.3) is 5.91 Å². The van der Waals surface area contributed by atoms with Gasteiger partial charge in [-0.2, -0.15) is 0 Å². The van der Waals surface area contributed by atoms with E-state index in [0.29, 0.717) is 30.1 Å². The Labute approximate surface area is 152 Å². The van der Waals surface area contributed by atoms with Crippen LogP contribution in [0.5, 0.6) is 0 Å². The normalized spacial score (nSPS) is 16.2. The molecule has 25 heavy (non-hydrogen) atoms. The van der Waals surface area contributed by atoms with Crippen molar-refractivity contribution in [1.82, 2.24) is 9.62 Å². The van der Waals surface area contributed by atoms with Gasteiger partial charge in [0.2, 0.25) is 10.0 Å². The zero-order valence-electron chi connectivity index (χ0n) is 14.4. The summed E-state index contributed by atoms with van der Waals surface area (Å²) in [4.78, 5) is 14.5. The highest BCUT2D eigenvalue weighted by molar-refractivity contribution is 7.91. The Morgan fingerprint density at radius 2 is 1.92 bits per heavy atom. The Bertz CT molecular complexity index is 852. The Morgan fingerprint density at radius 1 is 1.20 bits per heavy atom. The fourth-order valence-electron chi connectivity index (χ4n) is 3.12. The summed E-state index contributed by atoms with van der Waals surface area (Å²) in [6, 6.07) is 9.03. The van der Waals surface area contributed by atoms with Gasteiger partial charge in [-0.1, -0.05) is 23.8 Å². The highest BCUT2D eigenvalue weighted by atomic mass is 32.2. The first-order valence-corrected chi connectivity index (χ1v) is 10.7. The summed E-state index contributed by atoms with van der Waals surface area (Å²) in [6.45, 7) is 5.07. The zero-order valence-corrected chi connectivity index (χ0v) is 16.0. The summed E-state index contributed by atoms with van der Waals surface area (Å²) in [5, 5.41) is 1.75. The number of rotatable bonds is 4. The molecule has 7 heteroatoms. The Balaban J connectivity index is 1.61. The summed E-state index contributed by atoms with van der Waals surface area (Å²) < 4.78 is 27.7. The fourth-order valence-corrected chi connectivity index (χ4v) is 5.43. The molecule has 1 aliphatic heterocycles. The number of carbonyl (C=O) groups excluding carboxylic acids is 1. The first-order valence-electron chi connectivity index (χ1n) is 8.29. The van der Waals surface area contributed by atoms with E-state index in [2.05, 4.69) is 4.72 Å². The predicted octanol–water partition coefficient (Wildman–Crippen LogP) is 2.95.